The molecule has 3 rings (SSSR count). The predicted octanol–water partition coefficient (Wildman–Crippen LogP) is 2.26. The van der Waals surface area contributed by atoms with E-state index >= 15 is 0 Å². The Kier molecular flexibility index (Phi) is 8.11. The molecule has 2 aromatic rings. The third-order valence-corrected chi connectivity index (χ3v) is 5.91. The largest absolute Gasteiger partial charge is 0.502 e. The monoisotopic (exact) mass is 498 g/mol. The lowest BCUT2D eigenvalue weighted by Crippen LogP contribution is -2.53. The summed E-state index contributed by atoms with van der Waals surface area (Å²) in [6, 6.07) is 2.07. The van der Waals surface area contributed by atoms with E-state index in [2.05, 4.69) is 10.6 Å². The van der Waals surface area contributed by atoms with Crippen LogP contribution in [-0.4, -0.2) is 48.0 Å². The number of carbonyl (C=O) groups is 2. The van der Waals surface area contributed by atoms with E-state index in [4.69, 9.17) is 16.3 Å². The topological polar surface area (TPSA) is 113 Å². The number of carbonyl (C=O) groups excluding carboxylic acids is 2. The zero-order valence-corrected chi connectivity index (χ0v) is 19.4. The first kappa shape index (κ1) is 25.4. The van der Waals surface area contributed by atoms with Gasteiger partial charge in [-0.15, -0.1) is 0 Å². The Labute approximate surface area is 199 Å². The summed E-state index contributed by atoms with van der Waals surface area (Å²) >= 11 is 5.55. The Morgan fingerprint density at radius 3 is 2.74 bits per heavy atom. The molecule has 0 radical (unpaired) electrons. The normalized spacial score (nSPS) is 13.9. The van der Waals surface area contributed by atoms with Crippen molar-refractivity contribution in [2.75, 3.05) is 25.3 Å². The summed E-state index contributed by atoms with van der Waals surface area (Å²) < 4.78 is 34.2. The molecule has 0 bridgehead atoms. The van der Waals surface area contributed by atoms with Gasteiger partial charge in [0.15, 0.2) is 11.4 Å². The maximum atomic E-state index is 14.1. The lowest BCUT2D eigenvalue weighted by molar-refractivity contribution is 0.0846. The third kappa shape index (κ3) is 5.15. The Hall–Kier alpha value is -3.18. The van der Waals surface area contributed by atoms with Crippen molar-refractivity contribution < 1.29 is 28.2 Å². The van der Waals surface area contributed by atoms with Crippen LogP contribution in [-0.2, 0) is 11.3 Å². The van der Waals surface area contributed by atoms with Crippen LogP contribution < -0.4 is 21.1 Å². The molecule has 1 atom stereocenters. The molecule has 0 spiro atoms. The second kappa shape index (κ2) is 10.8. The number of ether oxygens (including phenoxy) is 1. The molecule has 1 aliphatic rings. The van der Waals surface area contributed by atoms with Crippen LogP contribution >= 0.6 is 11.6 Å². The molecule has 184 valence electrons. The SMILES string of the molecule is CCCC(CCN1CNC(=O)c2c(O)c(=O)c(C(=O)NCc3ccc(F)c(Cl)c3F)cn21)OC. The first-order chi connectivity index (χ1) is 16.2. The molecule has 1 aromatic carbocycles. The number of fused-ring (bicyclic) bond motifs is 1. The summed E-state index contributed by atoms with van der Waals surface area (Å²) in [6.45, 7) is 2.12. The van der Waals surface area contributed by atoms with Crippen LogP contribution in [0.1, 0.15) is 52.6 Å². The smallest absolute Gasteiger partial charge is 0.275 e. The standard InChI is InChI=1S/C22H25ClF2N4O5/c1-3-4-13(34-2)7-8-28-11-27-22(33)18-20(31)19(30)14(10-29(18)28)21(32)26-9-12-5-6-15(24)16(23)17(12)25/h5-6,10,13,31H,3-4,7-9,11H2,1-2H3,(H,26,32)(H,27,33). The fraction of sp³-hybridized carbons (Fsp3) is 0.409. The van der Waals surface area contributed by atoms with Crippen molar-refractivity contribution in [3.05, 3.63) is 62.0 Å². The van der Waals surface area contributed by atoms with Gasteiger partial charge in [0.1, 0.15) is 28.9 Å². The van der Waals surface area contributed by atoms with E-state index in [9.17, 15) is 28.3 Å². The zero-order valence-electron chi connectivity index (χ0n) is 18.7. The van der Waals surface area contributed by atoms with E-state index in [1.807, 2.05) is 6.92 Å². The van der Waals surface area contributed by atoms with Crippen molar-refractivity contribution in [2.45, 2.75) is 38.8 Å². The molecule has 1 aliphatic heterocycles. The van der Waals surface area contributed by atoms with E-state index in [1.54, 1.807) is 12.1 Å². The molecule has 2 heterocycles. The van der Waals surface area contributed by atoms with Crippen LogP contribution in [0.2, 0.25) is 5.02 Å². The number of hydrogen-bond donors (Lipinski definition) is 3. The maximum Gasteiger partial charge on any atom is 0.275 e. The fourth-order valence-electron chi connectivity index (χ4n) is 3.66. The Bertz CT molecular complexity index is 1160. The first-order valence-corrected chi connectivity index (χ1v) is 11.0. The van der Waals surface area contributed by atoms with Gasteiger partial charge in [0.25, 0.3) is 11.8 Å². The van der Waals surface area contributed by atoms with Gasteiger partial charge in [-0.1, -0.05) is 31.0 Å². The summed E-state index contributed by atoms with van der Waals surface area (Å²) in [7, 11) is 1.61. The molecule has 0 fully saturated rings. The minimum absolute atomic E-state index is 0.0285. The van der Waals surface area contributed by atoms with Gasteiger partial charge in [-0.25, -0.2) is 8.78 Å². The maximum absolute atomic E-state index is 14.1. The summed E-state index contributed by atoms with van der Waals surface area (Å²) in [4.78, 5) is 37.7. The van der Waals surface area contributed by atoms with Crippen molar-refractivity contribution in [1.29, 1.82) is 0 Å². The first-order valence-electron chi connectivity index (χ1n) is 10.6. The van der Waals surface area contributed by atoms with E-state index in [-0.39, 0.29) is 30.6 Å². The number of amides is 2. The minimum atomic E-state index is -1.06. The number of methoxy groups -OCH3 is 1. The Balaban J connectivity index is 1.87. The van der Waals surface area contributed by atoms with E-state index in [0.29, 0.717) is 13.0 Å². The molecule has 0 aliphatic carbocycles. The van der Waals surface area contributed by atoms with Crippen molar-refractivity contribution in [2.24, 2.45) is 0 Å². The number of benzene rings is 1. The molecule has 34 heavy (non-hydrogen) atoms. The number of nitrogens with one attached hydrogen (secondary N) is 2. The number of halogens is 3. The Morgan fingerprint density at radius 2 is 2.06 bits per heavy atom. The van der Waals surface area contributed by atoms with Gasteiger partial charge >= 0.3 is 0 Å². The molecule has 1 unspecified atom stereocenters. The van der Waals surface area contributed by atoms with Crippen LogP contribution in [0, 0.1) is 11.6 Å². The fourth-order valence-corrected chi connectivity index (χ4v) is 3.85. The number of aromatic nitrogens is 1. The molecule has 9 nitrogen and oxygen atoms in total. The highest BCUT2D eigenvalue weighted by Gasteiger charge is 2.30. The van der Waals surface area contributed by atoms with E-state index in [0.717, 1.165) is 31.2 Å². The molecule has 0 saturated carbocycles. The van der Waals surface area contributed by atoms with Crippen molar-refractivity contribution in [3.8, 4) is 5.75 Å². The highest BCUT2D eigenvalue weighted by molar-refractivity contribution is 6.30. The van der Waals surface area contributed by atoms with Crippen LogP contribution in [0.3, 0.4) is 0 Å². The second-order valence-corrected chi connectivity index (χ2v) is 8.14. The number of rotatable bonds is 9. The molecule has 0 saturated heterocycles. The number of aromatic hydroxyl groups is 1. The van der Waals surface area contributed by atoms with Crippen molar-refractivity contribution in [1.82, 2.24) is 15.3 Å². The quantitative estimate of drug-likeness (QED) is 0.457. The molecule has 2 amide bonds. The lowest BCUT2D eigenvalue weighted by atomic mass is 10.1. The van der Waals surface area contributed by atoms with Gasteiger partial charge in [0.05, 0.1) is 6.10 Å². The number of hydrogen-bond acceptors (Lipinski definition) is 6. The van der Waals surface area contributed by atoms with Gasteiger partial charge in [-0.2, -0.15) is 0 Å². The van der Waals surface area contributed by atoms with Gasteiger partial charge < -0.3 is 20.5 Å². The molecular weight excluding hydrogens is 474 g/mol. The molecule has 1 aromatic heterocycles. The summed E-state index contributed by atoms with van der Waals surface area (Å²) in [6.07, 6.45) is 3.47. The zero-order chi connectivity index (χ0) is 25.0. The highest BCUT2D eigenvalue weighted by Crippen LogP contribution is 2.22. The van der Waals surface area contributed by atoms with Gasteiger partial charge in [0.2, 0.25) is 5.43 Å². The average molecular weight is 499 g/mol. The van der Waals surface area contributed by atoms with Gasteiger partial charge in [-0.3, -0.25) is 24.1 Å². The molecule has 12 heteroatoms. The van der Waals surface area contributed by atoms with Crippen LogP contribution in [0.4, 0.5) is 8.78 Å². The number of nitrogens with zero attached hydrogens (tertiary/aromatic N) is 2. The lowest BCUT2D eigenvalue weighted by Gasteiger charge is -2.34. The average Bonchev–Trinajstić information content (AvgIpc) is 2.82. The molecular formula is C22H25ClF2N4O5. The van der Waals surface area contributed by atoms with Crippen LogP contribution in [0.5, 0.6) is 5.75 Å². The van der Waals surface area contributed by atoms with Gasteiger partial charge in [0, 0.05) is 32.0 Å². The van der Waals surface area contributed by atoms with Gasteiger partial charge in [-0.05, 0) is 18.9 Å². The highest BCUT2D eigenvalue weighted by atomic mass is 35.5. The van der Waals surface area contributed by atoms with E-state index < -0.39 is 45.2 Å². The predicted molar refractivity (Wildman–Crippen MR) is 121 cm³/mol. The summed E-state index contributed by atoms with van der Waals surface area (Å²) in [5.41, 5.74) is -1.90. The molecule has 3 N–H and O–H groups in total. The third-order valence-electron chi connectivity index (χ3n) is 5.56. The van der Waals surface area contributed by atoms with Crippen molar-refractivity contribution >= 4 is 23.4 Å². The second-order valence-electron chi connectivity index (χ2n) is 7.76. The summed E-state index contributed by atoms with van der Waals surface area (Å²) in [5, 5.41) is 16.3. The Morgan fingerprint density at radius 1 is 1.32 bits per heavy atom. The van der Waals surface area contributed by atoms with Crippen LogP contribution in [0.25, 0.3) is 0 Å². The minimum Gasteiger partial charge on any atom is -0.502 e. The van der Waals surface area contributed by atoms with Crippen LogP contribution in [0.15, 0.2) is 23.1 Å². The van der Waals surface area contributed by atoms with Crippen molar-refractivity contribution in [3.63, 3.8) is 0 Å². The number of pyridine rings is 1. The van der Waals surface area contributed by atoms with E-state index in [1.165, 1.54) is 4.68 Å². The summed E-state index contributed by atoms with van der Waals surface area (Å²) in [5.74, 6) is -4.45.